The first kappa shape index (κ1) is 15.3. The smallest absolute Gasteiger partial charge is 0.281 e. The third-order valence-electron chi connectivity index (χ3n) is 3.60. The molecule has 2 rings (SSSR count). The molecule has 0 unspecified atom stereocenters. The maximum atomic E-state index is 11.9. The molecule has 1 heterocycles. The van der Waals surface area contributed by atoms with Gasteiger partial charge >= 0.3 is 0 Å². The summed E-state index contributed by atoms with van der Waals surface area (Å²) in [5.74, 6) is 5.67. The first-order valence-corrected chi connectivity index (χ1v) is 7.35. The first-order valence-electron chi connectivity index (χ1n) is 7.35. The summed E-state index contributed by atoms with van der Waals surface area (Å²) < 4.78 is 2.06. The van der Waals surface area contributed by atoms with E-state index in [9.17, 15) is 4.79 Å². The molecule has 1 aromatic heterocycles. The van der Waals surface area contributed by atoms with Gasteiger partial charge in [-0.1, -0.05) is 44.2 Å². The number of nitrogens with one attached hydrogen (secondary N) is 1. The van der Waals surface area contributed by atoms with E-state index in [1.807, 2.05) is 30.3 Å². The quantitative estimate of drug-likeness (QED) is 0.487. The van der Waals surface area contributed by atoms with Crippen LogP contribution < -0.4 is 11.3 Å². The van der Waals surface area contributed by atoms with Gasteiger partial charge in [0.15, 0.2) is 0 Å². The van der Waals surface area contributed by atoms with Crippen LogP contribution in [0.25, 0.3) is 0 Å². The maximum Gasteiger partial charge on any atom is 0.281 e. The highest BCUT2D eigenvalue weighted by molar-refractivity contribution is 5.92. The van der Waals surface area contributed by atoms with Crippen LogP contribution in [0.2, 0.25) is 0 Å². The van der Waals surface area contributed by atoms with Crippen LogP contribution in [0.3, 0.4) is 0 Å². The minimum Gasteiger partial charge on any atom is -0.336 e. The zero-order chi connectivity index (χ0) is 15.2. The molecule has 1 amide bonds. The van der Waals surface area contributed by atoms with E-state index in [4.69, 9.17) is 5.84 Å². The van der Waals surface area contributed by atoms with E-state index in [0.717, 1.165) is 12.8 Å². The zero-order valence-electron chi connectivity index (χ0n) is 12.7. The second-order valence-electron chi connectivity index (χ2n) is 5.69. The summed E-state index contributed by atoms with van der Waals surface area (Å²) >= 11 is 0. The second-order valence-corrected chi connectivity index (χ2v) is 5.69. The van der Waals surface area contributed by atoms with Crippen molar-refractivity contribution >= 4 is 5.91 Å². The third kappa shape index (κ3) is 3.95. The molecule has 21 heavy (non-hydrogen) atoms. The summed E-state index contributed by atoms with van der Waals surface area (Å²) in [6.45, 7) is 5.10. The predicted octanol–water partition coefficient (Wildman–Crippen LogP) is 2.73. The normalized spacial score (nSPS) is 10.9. The van der Waals surface area contributed by atoms with Crippen molar-refractivity contribution in [3.63, 3.8) is 0 Å². The van der Waals surface area contributed by atoms with Crippen LogP contribution in [-0.2, 0) is 13.0 Å². The Kier molecular flexibility index (Phi) is 5.17. The molecule has 112 valence electrons. The molecule has 0 radical (unpaired) electrons. The minimum atomic E-state index is -0.248. The summed E-state index contributed by atoms with van der Waals surface area (Å²) in [4.78, 5) is 11.9. The van der Waals surface area contributed by atoms with E-state index in [0.29, 0.717) is 18.2 Å². The Bertz CT molecular complexity index is 587. The molecular weight excluding hydrogens is 262 g/mol. The summed E-state index contributed by atoms with van der Waals surface area (Å²) in [5.41, 5.74) is 5.18. The molecule has 4 nitrogen and oxygen atoms in total. The standard InChI is InChI=1S/C17H23N3O/c1-13(2)8-9-15-10-11-16(17(21)19-18)20(15)12-14-6-4-3-5-7-14/h3-7,10-11,13H,8-9,12,18H2,1-2H3,(H,19,21). The molecule has 2 aromatic rings. The van der Waals surface area contributed by atoms with Gasteiger partial charge in [0.25, 0.3) is 5.91 Å². The lowest BCUT2D eigenvalue weighted by molar-refractivity contribution is 0.0944. The van der Waals surface area contributed by atoms with E-state index in [-0.39, 0.29) is 5.91 Å². The maximum absolute atomic E-state index is 11.9. The summed E-state index contributed by atoms with van der Waals surface area (Å²) in [6, 6.07) is 14.0. The van der Waals surface area contributed by atoms with E-state index in [1.165, 1.54) is 11.3 Å². The lowest BCUT2D eigenvalue weighted by Gasteiger charge is -2.14. The van der Waals surface area contributed by atoms with Gasteiger partial charge in [0, 0.05) is 12.2 Å². The average molecular weight is 285 g/mol. The monoisotopic (exact) mass is 285 g/mol. The molecule has 0 fully saturated rings. The lowest BCUT2D eigenvalue weighted by Crippen LogP contribution is -2.32. The van der Waals surface area contributed by atoms with Crippen LogP contribution in [0.5, 0.6) is 0 Å². The van der Waals surface area contributed by atoms with Crippen molar-refractivity contribution in [3.8, 4) is 0 Å². The molecule has 0 atom stereocenters. The number of hydrogen-bond acceptors (Lipinski definition) is 2. The van der Waals surface area contributed by atoms with Gasteiger partial charge in [-0.25, -0.2) is 5.84 Å². The SMILES string of the molecule is CC(C)CCc1ccc(C(=O)NN)n1Cc1ccccc1. The number of nitrogens with two attached hydrogens (primary N) is 1. The topological polar surface area (TPSA) is 60.1 Å². The number of amides is 1. The predicted molar refractivity (Wildman–Crippen MR) is 84.8 cm³/mol. The van der Waals surface area contributed by atoms with E-state index >= 15 is 0 Å². The van der Waals surface area contributed by atoms with E-state index in [2.05, 4.69) is 36.0 Å². The van der Waals surface area contributed by atoms with Gasteiger partial charge in [0.2, 0.25) is 0 Å². The molecule has 4 heteroatoms. The van der Waals surface area contributed by atoms with Gasteiger partial charge in [0.05, 0.1) is 0 Å². The summed E-state index contributed by atoms with van der Waals surface area (Å²) in [7, 11) is 0. The fourth-order valence-electron chi connectivity index (χ4n) is 2.39. The number of nitrogens with zero attached hydrogens (tertiary/aromatic N) is 1. The number of benzene rings is 1. The van der Waals surface area contributed by atoms with Gasteiger partial charge in [0.1, 0.15) is 5.69 Å². The molecule has 0 aliphatic carbocycles. The molecule has 0 saturated heterocycles. The zero-order valence-corrected chi connectivity index (χ0v) is 12.7. The molecule has 3 N–H and O–H groups in total. The number of aryl methyl sites for hydroxylation is 1. The molecule has 0 aliphatic heterocycles. The highest BCUT2D eigenvalue weighted by atomic mass is 16.2. The fourth-order valence-corrected chi connectivity index (χ4v) is 2.39. The van der Waals surface area contributed by atoms with Gasteiger partial charge in [-0.2, -0.15) is 0 Å². The number of rotatable bonds is 6. The van der Waals surface area contributed by atoms with Crippen LogP contribution in [0.4, 0.5) is 0 Å². The number of carbonyl (C=O) groups excluding carboxylic acids is 1. The Morgan fingerprint density at radius 2 is 1.90 bits per heavy atom. The molecule has 0 spiro atoms. The molecular formula is C17H23N3O. The van der Waals surface area contributed by atoms with Crippen LogP contribution in [0.15, 0.2) is 42.5 Å². The average Bonchev–Trinajstić information content (AvgIpc) is 2.88. The number of nitrogen functional groups attached to an aromatic ring is 1. The Labute approximate surface area is 125 Å². The van der Waals surface area contributed by atoms with E-state index in [1.54, 1.807) is 0 Å². The largest absolute Gasteiger partial charge is 0.336 e. The Morgan fingerprint density at radius 1 is 1.19 bits per heavy atom. The first-order chi connectivity index (χ1) is 10.1. The summed E-state index contributed by atoms with van der Waals surface area (Å²) in [6.07, 6.45) is 2.06. The van der Waals surface area contributed by atoms with Gasteiger partial charge in [-0.05, 0) is 36.5 Å². The van der Waals surface area contributed by atoms with Crippen LogP contribution in [0.1, 0.15) is 42.0 Å². The molecule has 1 aromatic carbocycles. The molecule has 0 aliphatic rings. The van der Waals surface area contributed by atoms with Crippen LogP contribution in [0, 0.1) is 5.92 Å². The van der Waals surface area contributed by atoms with Gasteiger partial charge < -0.3 is 4.57 Å². The van der Waals surface area contributed by atoms with Crippen molar-refractivity contribution in [3.05, 3.63) is 59.4 Å². The fraction of sp³-hybridized carbons (Fsp3) is 0.353. The Hall–Kier alpha value is -2.07. The van der Waals surface area contributed by atoms with Gasteiger partial charge in [-0.15, -0.1) is 0 Å². The highest BCUT2D eigenvalue weighted by Gasteiger charge is 2.14. The Balaban J connectivity index is 2.29. The Morgan fingerprint density at radius 3 is 2.52 bits per heavy atom. The second kappa shape index (κ2) is 7.09. The van der Waals surface area contributed by atoms with Crippen molar-refractivity contribution in [1.82, 2.24) is 9.99 Å². The van der Waals surface area contributed by atoms with Crippen molar-refractivity contribution in [1.29, 1.82) is 0 Å². The van der Waals surface area contributed by atoms with Crippen molar-refractivity contribution in [2.45, 2.75) is 33.2 Å². The van der Waals surface area contributed by atoms with Crippen molar-refractivity contribution in [2.24, 2.45) is 11.8 Å². The van der Waals surface area contributed by atoms with Crippen molar-refractivity contribution in [2.75, 3.05) is 0 Å². The molecule has 0 saturated carbocycles. The number of hydrazine groups is 1. The van der Waals surface area contributed by atoms with Crippen molar-refractivity contribution < 1.29 is 4.79 Å². The third-order valence-corrected chi connectivity index (χ3v) is 3.60. The highest BCUT2D eigenvalue weighted by Crippen LogP contribution is 2.16. The van der Waals surface area contributed by atoms with E-state index < -0.39 is 0 Å². The molecule has 0 bridgehead atoms. The van der Waals surface area contributed by atoms with Crippen LogP contribution in [-0.4, -0.2) is 10.5 Å². The number of carbonyl (C=O) groups is 1. The lowest BCUT2D eigenvalue weighted by atomic mass is 10.1. The van der Waals surface area contributed by atoms with Gasteiger partial charge in [-0.3, -0.25) is 10.2 Å². The minimum absolute atomic E-state index is 0.248. The number of aromatic nitrogens is 1. The number of hydrogen-bond donors (Lipinski definition) is 2. The summed E-state index contributed by atoms with van der Waals surface area (Å²) in [5, 5.41) is 0. The van der Waals surface area contributed by atoms with Crippen LogP contribution >= 0.6 is 0 Å².